The number of fused-ring (bicyclic) bond motifs is 1. The Balaban J connectivity index is 1.53. The number of hydrogen-bond acceptors (Lipinski definition) is 3. The third-order valence-corrected chi connectivity index (χ3v) is 4.47. The topological polar surface area (TPSA) is 37.0 Å². The molecule has 1 unspecified atom stereocenters. The fourth-order valence-electron chi connectivity index (χ4n) is 3.05. The third-order valence-electron chi connectivity index (χ3n) is 4.47. The Labute approximate surface area is 131 Å². The SMILES string of the molecule is CC1=CC2C=CC(Nc3ncc(C4CC4)cc3C)=CC=C2N1. The van der Waals surface area contributed by atoms with E-state index in [0.717, 1.165) is 17.4 Å². The number of hydrogen-bond donors (Lipinski definition) is 2. The number of aromatic nitrogens is 1. The van der Waals surface area contributed by atoms with Crippen molar-refractivity contribution in [3.8, 4) is 0 Å². The molecule has 1 aromatic heterocycles. The lowest BCUT2D eigenvalue weighted by Crippen LogP contribution is -2.06. The molecule has 1 aliphatic heterocycles. The summed E-state index contributed by atoms with van der Waals surface area (Å²) < 4.78 is 0. The summed E-state index contributed by atoms with van der Waals surface area (Å²) in [6, 6.07) is 2.27. The molecular weight excluding hydrogens is 270 g/mol. The van der Waals surface area contributed by atoms with Crippen LogP contribution in [-0.4, -0.2) is 4.98 Å². The van der Waals surface area contributed by atoms with Gasteiger partial charge in [0.15, 0.2) is 0 Å². The molecule has 1 fully saturated rings. The van der Waals surface area contributed by atoms with E-state index in [4.69, 9.17) is 0 Å². The second-order valence-electron chi connectivity index (χ2n) is 6.44. The van der Waals surface area contributed by atoms with Gasteiger partial charge in [-0.05, 0) is 62.0 Å². The number of nitrogens with zero attached hydrogens (tertiary/aromatic N) is 1. The molecule has 0 amide bonds. The van der Waals surface area contributed by atoms with Gasteiger partial charge in [0.25, 0.3) is 0 Å². The van der Waals surface area contributed by atoms with Crippen LogP contribution in [0.1, 0.15) is 36.8 Å². The van der Waals surface area contributed by atoms with Crippen LogP contribution in [0.3, 0.4) is 0 Å². The summed E-state index contributed by atoms with van der Waals surface area (Å²) in [6.45, 7) is 4.23. The first kappa shape index (κ1) is 13.4. The fraction of sp³-hybridized carbons (Fsp3) is 0.316. The van der Waals surface area contributed by atoms with Gasteiger partial charge in [0, 0.05) is 29.2 Å². The van der Waals surface area contributed by atoms with Crippen LogP contribution < -0.4 is 10.6 Å². The van der Waals surface area contributed by atoms with Crippen LogP contribution in [-0.2, 0) is 0 Å². The number of aryl methyl sites for hydroxylation is 1. The monoisotopic (exact) mass is 291 g/mol. The second kappa shape index (κ2) is 5.16. The molecule has 22 heavy (non-hydrogen) atoms. The number of anilines is 1. The van der Waals surface area contributed by atoms with Crippen LogP contribution >= 0.6 is 0 Å². The Morgan fingerprint density at radius 3 is 2.86 bits per heavy atom. The molecule has 3 aliphatic rings. The van der Waals surface area contributed by atoms with Crippen molar-refractivity contribution in [3.05, 3.63) is 70.9 Å². The molecule has 2 heterocycles. The minimum absolute atomic E-state index is 0.363. The van der Waals surface area contributed by atoms with Crippen molar-refractivity contribution in [2.45, 2.75) is 32.6 Å². The van der Waals surface area contributed by atoms with E-state index in [1.54, 1.807) is 0 Å². The molecular formula is C19H21N3. The minimum Gasteiger partial charge on any atom is -0.362 e. The van der Waals surface area contributed by atoms with E-state index in [0.29, 0.717) is 5.92 Å². The molecule has 112 valence electrons. The molecule has 1 aromatic rings. The number of pyridine rings is 1. The van der Waals surface area contributed by atoms with Crippen LogP contribution in [0.15, 0.2) is 59.7 Å². The van der Waals surface area contributed by atoms with Gasteiger partial charge in [-0.25, -0.2) is 4.98 Å². The smallest absolute Gasteiger partial charge is 0.133 e. The van der Waals surface area contributed by atoms with Gasteiger partial charge in [-0.3, -0.25) is 0 Å². The zero-order valence-corrected chi connectivity index (χ0v) is 13.1. The van der Waals surface area contributed by atoms with Crippen molar-refractivity contribution in [3.63, 3.8) is 0 Å². The molecule has 3 nitrogen and oxygen atoms in total. The van der Waals surface area contributed by atoms with Gasteiger partial charge in [-0.15, -0.1) is 0 Å². The fourth-order valence-corrected chi connectivity index (χ4v) is 3.05. The molecule has 0 radical (unpaired) electrons. The summed E-state index contributed by atoms with van der Waals surface area (Å²) in [5, 5.41) is 6.85. The predicted molar refractivity (Wildman–Crippen MR) is 90.3 cm³/mol. The average molecular weight is 291 g/mol. The lowest BCUT2D eigenvalue weighted by Gasteiger charge is -2.10. The second-order valence-corrected chi connectivity index (χ2v) is 6.44. The van der Waals surface area contributed by atoms with E-state index in [1.165, 1.54) is 35.4 Å². The zero-order valence-electron chi connectivity index (χ0n) is 13.1. The average Bonchev–Trinajstić information content (AvgIpc) is 3.29. The Bertz CT molecular complexity index is 733. The van der Waals surface area contributed by atoms with Crippen molar-refractivity contribution < 1.29 is 0 Å². The number of nitrogens with one attached hydrogen (secondary N) is 2. The number of rotatable bonds is 3. The Morgan fingerprint density at radius 1 is 1.23 bits per heavy atom. The summed E-state index contributed by atoms with van der Waals surface area (Å²) in [4.78, 5) is 4.61. The first-order chi connectivity index (χ1) is 10.7. The summed E-state index contributed by atoms with van der Waals surface area (Å²) >= 11 is 0. The van der Waals surface area contributed by atoms with Crippen molar-refractivity contribution in [2.24, 2.45) is 5.92 Å². The van der Waals surface area contributed by atoms with Gasteiger partial charge in [0.05, 0.1) is 0 Å². The lowest BCUT2D eigenvalue weighted by atomic mass is 10.1. The van der Waals surface area contributed by atoms with Crippen molar-refractivity contribution in [2.75, 3.05) is 5.32 Å². The standard InChI is InChI=1S/C19H21N3/c1-12-9-16(14-3-4-14)11-20-19(12)22-17-6-5-15-10-13(2)21-18(15)8-7-17/h5-11,14-15,21H,3-4H2,1-2H3,(H,20,22). The molecule has 1 atom stereocenters. The molecule has 2 N–H and O–H groups in total. The van der Waals surface area contributed by atoms with Gasteiger partial charge >= 0.3 is 0 Å². The molecule has 4 rings (SSSR count). The quantitative estimate of drug-likeness (QED) is 0.879. The van der Waals surface area contributed by atoms with Gasteiger partial charge in [-0.2, -0.15) is 0 Å². The van der Waals surface area contributed by atoms with E-state index >= 15 is 0 Å². The Hall–Kier alpha value is -2.29. The van der Waals surface area contributed by atoms with Gasteiger partial charge in [0.1, 0.15) is 5.82 Å². The highest BCUT2D eigenvalue weighted by Gasteiger charge is 2.24. The first-order valence-electron chi connectivity index (χ1n) is 7.98. The van der Waals surface area contributed by atoms with E-state index < -0.39 is 0 Å². The highest BCUT2D eigenvalue weighted by atomic mass is 15.0. The lowest BCUT2D eigenvalue weighted by molar-refractivity contribution is 0.913. The predicted octanol–water partition coefficient (Wildman–Crippen LogP) is 4.14. The van der Waals surface area contributed by atoms with Crippen LogP contribution in [0, 0.1) is 12.8 Å². The van der Waals surface area contributed by atoms with Crippen molar-refractivity contribution in [1.82, 2.24) is 10.3 Å². The Morgan fingerprint density at radius 2 is 2.09 bits per heavy atom. The van der Waals surface area contributed by atoms with E-state index in [2.05, 4.69) is 65.9 Å². The van der Waals surface area contributed by atoms with Crippen LogP contribution in [0.5, 0.6) is 0 Å². The molecule has 0 aromatic carbocycles. The van der Waals surface area contributed by atoms with E-state index in [9.17, 15) is 0 Å². The zero-order chi connectivity index (χ0) is 15.1. The van der Waals surface area contributed by atoms with Crippen LogP contribution in [0.2, 0.25) is 0 Å². The van der Waals surface area contributed by atoms with Crippen LogP contribution in [0.25, 0.3) is 0 Å². The maximum Gasteiger partial charge on any atom is 0.133 e. The van der Waals surface area contributed by atoms with Gasteiger partial charge in [-0.1, -0.05) is 18.2 Å². The molecule has 0 bridgehead atoms. The normalized spacial score (nSPS) is 23.0. The van der Waals surface area contributed by atoms with Gasteiger partial charge < -0.3 is 10.6 Å². The first-order valence-corrected chi connectivity index (χ1v) is 7.98. The van der Waals surface area contributed by atoms with Crippen molar-refractivity contribution in [1.29, 1.82) is 0 Å². The maximum atomic E-state index is 4.61. The summed E-state index contributed by atoms with van der Waals surface area (Å²) in [6.07, 6.45) is 15.5. The molecule has 0 saturated heterocycles. The molecule has 0 spiro atoms. The van der Waals surface area contributed by atoms with Crippen LogP contribution in [0.4, 0.5) is 5.82 Å². The molecule has 1 saturated carbocycles. The summed E-state index contributed by atoms with van der Waals surface area (Å²) in [7, 11) is 0. The highest BCUT2D eigenvalue weighted by molar-refractivity contribution is 5.54. The van der Waals surface area contributed by atoms with E-state index in [1.807, 2.05) is 6.20 Å². The molecule has 2 aliphatic carbocycles. The van der Waals surface area contributed by atoms with Crippen molar-refractivity contribution >= 4 is 5.82 Å². The Kier molecular flexibility index (Phi) is 3.14. The summed E-state index contributed by atoms with van der Waals surface area (Å²) in [5.41, 5.74) is 6.13. The number of allylic oxidation sites excluding steroid dienone is 5. The maximum absolute atomic E-state index is 4.61. The third kappa shape index (κ3) is 2.59. The van der Waals surface area contributed by atoms with Gasteiger partial charge in [0.2, 0.25) is 0 Å². The highest BCUT2D eigenvalue weighted by Crippen LogP contribution is 2.40. The summed E-state index contributed by atoms with van der Waals surface area (Å²) in [5.74, 6) is 2.06. The minimum atomic E-state index is 0.363. The van der Waals surface area contributed by atoms with E-state index in [-0.39, 0.29) is 0 Å². The largest absolute Gasteiger partial charge is 0.362 e. The molecule has 3 heteroatoms.